The molecule has 2 rings (SSSR count). The Morgan fingerprint density at radius 3 is 2.52 bits per heavy atom. The summed E-state index contributed by atoms with van der Waals surface area (Å²) < 4.78 is 24.9. The van der Waals surface area contributed by atoms with Gasteiger partial charge in [-0.15, -0.1) is 0 Å². The van der Waals surface area contributed by atoms with Gasteiger partial charge >= 0.3 is 5.97 Å². The number of alkyl halides is 2. The van der Waals surface area contributed by atoms with Gasteiger partial charge in [0.2, 0.25) is 18.2 Å². The Labute approximate surface area is 156 Å². The molecule has 1 heterocycles. The van der Waals surface area contributed by atoms with Gasteiger partial charge in [0.25, 0.3) is 0 Å². The molecule has 8 heteroatoms. The highest BCUT2D eigenvalue weighted by molar-refractivity contribution is 6.00. The smallest absolute Gasteiger partial charge is 0.326 e. The van der Waals surface area contributed by atoms with Gasteiger partial charge in [0.05, 0.1) is 5.92 Å². The van der Waals surface area contributed by atoms with Crippen molar-refractivity contribution in [3.05, 3.63) is 29.8 Å². The number of carboxylic acid groups (broad SMARTS) is 1. The van der Waals surface area contributed by atoms with Gasteiger partial charge in [-0.3, -0.25) is 9.59 Å². The number of aryl methyl sites for hydroxylation is 1. The van der Waals surface area contributed by atoms with Crippen LogP contribution in [0.3, 0.4) is 0 Å². The van der Waals surface area contributed by atoms with Crippen molar-refractivity contribution >= 4 is 23.5 Å². The first-order chi connectivity index (χ1) is 12.8. The molecule has 148 valence electrons. The minimum atomic E-state index is -2.85. The molecule has 0 radical (unpaired) electrons. The maximum Gasteiger partial charge on any atom is 0.326 e. The number of halogens is 2. The van der Waals surface area contributed by atoms with Crippen LogP contribution in [0.25, 0.3) is 0 Å². The van der Waals surface area contributed by atoms with E-state index in [9.17, 15) is 23.2 Å². The van der Waals surface area contributed by atoms with Crippen LogP contribution < -0.4 is 10.2 Å². The van der Waals surface area contributed by atoms with Crippen LogP contribution in [0.5, 0.6) is 0 Å². The zero-order chi connectivity index (χ0) is 20.0. The Morgan fingerprint density at radius 2 is 1.96 bits per heavy atom. The number of carbonyl (C=O) groups excluding carboxylic acids is 2. The van der Waals surface area contributed by atoms with Crippen molar-refractivity contribution in [1.82, 2.24) is 5.32 Å². The Balaban J connectivity index is 1.99. The number of unbranched alkanes of at least 4 members (excludes halogenated alkanes) is 1. The molecule has 2 amide bonds. The second kappa shape index (κ2) is 9.43. The summed E-state index contributed by atoms with van der Waals surface area (Å²) >= 11 is 0. The number of hydrogen-bond donors (Lipinski definition) is 2. The van der Waals surface area contributed by atoms with Crippen LogP contribution in [0.4, 0.5) is 14.5 Å². The molecule has 1 aromatic carbocycles. The molecule has 2 atom stereocenters. The van der Waals surface area contributed by atoms with Gasteiger partial charge in [0.1, 0.15) is 6.04 Å². The lowest BCUT2D eigenvalue weighted by molar-refractivity contribution is -0.143. The van der Waals surface area contributed by atoms with Gasteiger partial charge < -0.3 is 15.3 Å². The Hall–Kier alpha value is -2.51. The van der Waals surface area contributed by atoms with Crippen LogP contribution in [0, 0.1) is 5.92 Å². The second-order valence-corrected chi connectivity index (χ2v) is 6.70. The number of benzene rings is 1. The number of carboxylic acids is 1. The summed E-state index contributed by atoms with van der Waals surface area (Å²) in [6.45, 7) is 2.21. The van der Waals surface area contributed by atoms with E-state index < -0.39 is 36.7 Å². The lowest BCUT2D eigenvalue weighted by Gasteiger charge is -2.19. The first-order valence-electron chi connectivity index (χ1n) is 9.02. The molecule has 0 saturated carbocycles. The third-order valence-electron chi connectivity index (χ3n) is 4.59. The van der Waals surface area contributed by atoms with E-state index >= 15 is 0 Å². The minimum Gasteiger partial charge on any atom is -0.480 e. The van der Waals surface area contributed by atoms with Crippen molar-refractivity contribution < 1.29 is 28.3 Å². The number of amides is 2. The maximum absolute atomic E-state index is 12.5. The van der Waals surface area contributed by atoms with Gasteiger partial charge in [-0.2, -0.15) is 0 Å². The quantitative estimate of drug-likeness (QED) is 0.687. The fourth-order valence-electron chi connectivity index (χ4n) is 3.05. The summed E-state index contributed by atoms with van der Waals surface area (Å²) in [4.78, 5) is 37.0. The fourth-order valence-corrected chi connectivity index (χ4v) is 3.05. The van der Waals surface area contributed by atoms with Crippen molar-refractivity contribution in [1.29, 1.82) is 0 Å². The molecular weight excluding hydrogens is 358 g/mol. The molecule has 1 aliphatic rings. The van der Waals surface area contributed by atoms with E-state index in [1.807, 2.05) is 24.3 Å². The summed E-state index contributed by atoms with van der Waals surface area (Å²) in [5.74, 6) is -3.24. The zero-order valence-corrected chi connectivity index (χ0v) is 15.2. The third kappa shape index (κ3) is 5.74. The van der Waals surface area contributed by atoms with Crippen LogP contribution in [-0.4, -0.2) is 41.9 Å². The SMILES string of the molecule is CCCCc1ccc(N2CC(C(=O)NC(CC(F)F)C(=O)O)CC2=O)cc1. The Kier molecular flexibility index (Phi) is 7.27. The maximum atomic E-state index is 12.5. The molecule has 0 aliphatic carbocycles. The highest BCUT2D eigenvalue weighted by atomic mass is 19.3. The summed E-state index contributed by atoms with van der Waals surface area (Å²) in [7, 11) is 0. The van der Waals surface area contributed by atoms with Crippen LogP contribution in [0.2, 0.25) is 0 Å². The summed E-state index contributed by atoms with van der Waals surface area (Å²) in [5.41, 5.74) is 1.83. The number of hydrogen-bond acceptors (Lipinski definition) is 3. The zero-order valence-electron chi connectivity index (χ0n) is 15.2. The van der Waals surface area contributed by atoms with E-state index in [4.69, 9.17) is 5.11 Å². The molecule has 1 fully saturated rings. The average Bonchev–Trinajstić information content (AvgIpc) is 3.01. The van der Waals surface area contributed by atoms with Gasteiger partial charge in [0.15, 0.2) is 0 Å². The summed E-state index contributed by atoms with van der Waals surface area (Å²) in [5, 5.41) is 11.1. The average molecular weight is 382 g/mol. The molecule has 2 unspecified atom stereocenters. The molecule has 1 aliphatic heterocycles. The second-order valence-electron chi connectivity index (χ2n) is 6.70. The Morgan fingerprint density at radius 1 is 1.30 bits per heavy atom. The molecule has 27 heavy (non-hydrogen) atoms. The standard InChI is InChI=1S/C19H24F2N2O4/c1-2-3-4-12-5-7-14(8-6-12)23-11-13(9-17(23)24)18(25)22-15(19(26)27)10-16(20)21/h5-8,13,15-16H,2-4,9-11H2,1H3,(H,22,25)(H,26,27). The lowest BCUT2D eigenvalue weighted by atomic mass is 10.1. The van der Waals surface area contributed by atoms with E-state index in [0.717, 1.165) is 24.8 Å². The van der Waals surface area contributed by atoms with E-state index in [0.29, 0.717) is 5.69 Å². The fraction of sp³-hybridized carbons (Fsp3) is 0.526. The molecule has 0 aromatic heterocycles. The van der Waals surface area contributed by atoms with E-state index in [1.54, 1.807) is 0 Å². The molecule has 0 spiro atoms. The summed E-state index contributed by atoms with van der Waals surface area (Å²) in [6, 6.07) is 5.85. The minimum absolute atomic E-state index is 0.0789. The number of rotatable bonds is 9. The Bertz CT molecular complexity index is 679. The van der Waals surface area contributed by atoms with Crippen LogP contribution in [0.1, 0.15) is 38.2 Å². The van der Waals surface area contributed by atoms with Crippen molar-refractivity contribution in [2.75, 3.05) is 11.4 Å². The number of nitrogens with one attached hydrogen (secondary N) is 1. The molecule has 1 aromatic rings. The number of aliphatic carboxylic acids is 1. The van der Waals surface area contributed by atoms with Gasteiger partial charge in [0, 0.05) is 25.1 Å². The monoisotopic (exact) mass is 382 g/mol. The predicted molar refractivity (Wildman–Crippen MR) is 95.7 cm³/mol. The van der Waals surface area contributed by atoms with Crippen LogP contribution in [-0.2, 0) is 20.8 Å². The van der Waals surface area contributed by atoms with Crippen molar-refractivity contribution in [3.8, 4) is 0 Å². The van der Waals surface area contributed by atoms with Gasteiger partial charge in [-0.25, -0.2) is 13.6 Å². The van der Waals surface area contributed by atoms with E-state index in [1.165, 1.54) is 4.90 Å². The van der Waals surface area contributed by atoms with Crippen molar-refractivity contribution in [2.45, 2.75) is 51.5 Å². The highest BCUT2D eigenvalue weighted by Gasteiger charge is 2.37. The molecule has 0 bridgehead atoms. The highest BCUT2D eigenvalue weighted by Crippen LogP contribution is 2.26. The first kappa shape index (κ1) is 20.8. The van der Waals surface area contributed by atoms with Crippen LogP contribution >= 0.6 is 0 Å². The van der Waals surface area contributed by atoms with Crippen LogP contribution in [0.15, 0.2) is 24.3 Å². The molecule has 2 N–H and O–H groups in total. The van der Waals surface area contributed by atoms with Crippen molar-refractivity contribution in [2.24, 2.45) is 5.92 Å². The largest absolute Gasteiger partial charge is 0.480 e. The van der Waals surface area contributed by atoms with Gasteiger partial charge in [-0.1, -0.05) is 25.5 Å². The first-order valence-corrected chi connectivity index (χ1v) is 9.02. The lowest BCUT2D eigenvalue weighted by Crippen LogP contribution is -2.45. The number of anilines is 1. The van der Waals surface area contributed by atoms with Crippen molar-refractivity contribution in [3.63, 3.8) is 0 Å². The number of carbonyl (C=O) groups is 3. The molecule has 1 saturated heterocycles. The third-order valence-corrected chi connectivity index (χ3v) is 4.59. The predicted octanol–water partition coefficient (Wildman–Crippen LogP) is 2.61. The number of nitrogens with zero attached hydrogens (tertiary/aromatic N) is 1. The molecule has 6 nitrogen and oxygen atoms in total. The topological polar surface area (TPSA) is 86.7 Å². The van der Waals surface area contributed by atoms with Gasteiger partial charge in [-0.05, 0) is 30.5 Å². The summed E-state index contributed by atoms with van der Waals surface area (Å²) in [6.07, 6.45) is -0.773. The van der Waals surface area contributed by atoms with E-state index in [-0.39, 0.29) is 18.9 Å². The van der Waals surface area contributed by atoms with E-state index in [2.05, 4.69) is 12.2 Å². The normalized spacial score (nSPS) is 18.0. The molecular formula is C19H24F2N2O4.